The van der Waals surface area contributed by atoms with Crippen molar-refractivity contribution in [2.24, 2.45) is 0 Å². The summed E-state index contributed by atoms with van der Waals surface area (Å²) in [6, 6.07) is 104. The Balaban J connectivity index is 0.655. The van der Waals surface area contributed by atoms with Gasteiger partial charge >= 0.3 is 0 Å². The van der Waals surface area contributed by atoms with Crippen LogP contribution in [-0.2, 0) is 0 Å². The van der Waals surface area contributed by atoms with Crippen LogP contribution in [0.2, 0.25) is 0 Å². The van der Waals surface area contributed by atoms with E-state index in [9.17, 15) is 0 Å². The minimum absolute atomic E-state index is 0.228. The number of aromatic nitrogens is 8. The van der Waals surface area contributed by atoms with Crippen molar-refractivity contribution < 1.29 is 0 Å². The number of nitrogens with zero attached hydrogens (tertiary/aromatic N) is 8. The highest BCUT2D eigenvalue weighted by molar-refractivity contribution is 6.12. The molecule has 0 radical (unpaired) electrons. The number of aryl methyl sites for hydroxylation is 5. The lowest BCUT2D eigenvalue weighted by Crippen LogP contribution is -2.10. The van der Waals surface area contributed by atoms with E-state index in [0.29, 0.717) is 0 Å². The second-order valence-corrected chi connectivity index (χ2v) is 29.5. The second-order valence-electron chi connectivity index (χ2n) is 29.5. The van der Waals surface area contributed by atoms with Gasteiger partial charge in [-0.3, -0.25) is 14.5 Å². The number of hydrogen-bond donors (Lipinski definition) is 0. The Hall–Kier alpha value is -12.7. The van der Waals surface area contributed by atoms with Crippen LogP contribution in [0, 0.1) is 34.6 Å². The molecule has 0 fully saturated rings. The van der Waals surface area contributed by atoms with Crippen molar-refractivity contribution in [1.29, 1.82) is 0 Å². The predicted molar refractivity (Wildman–Crippen MR) is 443 cm³/mol. The van der Waals surface area contributed by atoms with E-state index in [2.05, 4.69) is 350 Å². The molecule has 512 valence electrons. The summed E-state index contributed by atoms with van der Waals surface area (Å²) >= 11 is 0. The normalized spacial score (nSPS) is 12.9. The van der Waals surface area contributed by atoms with Crippen LogP contribution in [0.25, 0.3) is 150 Å². The Kier molecular flexibility index (Phi) is 15.7. The molecule has 19 aromatic rings. The number of rotatable bonds is 16. The van der Waals surface area contributed by atoms with Gasteiger partial charge < -0.3 is 18.3 Å². The molecule has 0 bridgehead atoms. The van der Waals surface area contributed by atoms with Gasteiger partial charge in [0.25, 0.3) is 0 Å². The summed E-state index contributed by atoms with van der Waals surface area (Å²) < 4.78 is 11.9. The van der Waals surface area contributed by atoms with E-state index in [4.69, 9.17) is 15.0 Å². The van der Waals surface area contributed by atoms with Crippen LogP contribution in [0.3, 0.4) is 0 Å². The summed E-state index contributed by atoms with van der Waals surface area (Å²) in [5.41, 5.74) is 33.3. The number of hydrogen-bond acceptors (Lipinski definition) is 3. The first-order valence-corrected chi connectivity index (χ1v) is 37.4. The maximum absolute atomic E-state index is 5.16. The Morgan fingerprint density at radius 3 is 1.43 bits per heavy atom. The molecule has 0 amide bonds. The molecular formula is C98H80N8. The molecule has 0 N–H and O–H groups in total. The Bertz CT molecular complexity index is 6590. The van der Waals surface area contributed by atoms with E-state index in [1.807, 2.05) is 24.7 Å². The van der Waals surface area contributed by atoms with E-state index in [0.717, 1.165) is 91.9 Å². The second kappa shape index (κ2) is 25.9. The molecular weight excluding hydrogens is 1290 g/mol. The van der Waals surface area contributed by atoms with Crippen molar-refractivity contribution in [2.45, 2.75) is 85.5 Å². The maximum Gasteiger partial charge on any atom is 0.144 e. The molecule has 8 heteroatoms. The smallest absolute Gasteiger partial charge is 0.144 e. The molecule has 7 aromatic heterocycles. The van der Waals surface area contributed by atoms with Gasteiger partial charge in [0.15, 0.2) is 0 Å². The first kappa shape index (κ1) is 64.2. The molecule has 3 unspecified atom stereocenters. The number of para-hydroxylation sites is 4. The van der Waals surface area contributed by atoms with Gasteiger partial charge in [-0.05, 0) is 260 Å². The maximum atomic E-state index is 5.16. The van der Waals surface area contributed by atoms with Crippen LogP contribution < -0.4 is 0 Å². The molecule has 0 saturated heterocycles. The Morgan fingerprint density at radius 1 is 0.311 bits per heavy atom. The minimum atomic E-state index is 0.228. The fraction of sp³-hybridized carbons (Fsp3) is 0.133. The zero-order valence-corrected chi connectivity index (χ0v) is 60.8. The lowest BCUT2D eigenvalue weighted by Gasteiger charge is -2.27. The minimum Gasteiger partial charge on any atom is -0.309 e. The summed E-state index contributed by atoms with van der Waals surface area (Å²) in [6.45, 7) is 15.9. The van der Waals surface area contributed by atoms with Gasteiger partial charge in [0.2, 0.25) is 0 Å². The van der Waals surface area contributed by atoms with Gasteiger partial charge in [-0.25, -0.2) is 4.98 Å². The van der Waals surface area contributed by atoms with Crippen LogP contribution in [-0.4, -0.2) is 37.8 Å². The zero-order valence-electron chi connectivity index (χ0n) is 60.8. The molecule has 0 aliphatic carbocycles. The Labute approximate surface area is 617 Å². The number of fused-ring (bicyclic) bond motifs is 12. The molecule has 8 nitrogen and oxygen atoms in total. The molecule has 106 heavy (non-hydrogen) atoms. The first-order chi connectivity index (χ1) is 52.0. The van der Waals surface area contributed by atoms with Crippen LogP contribution in [0.15, 0.2) is 304 Å². The number of imidazole rings is 1. The third-order valence-corrected chi connectivity index (χ3v) is 22.9. The summed E-state index contributed by atoms with van der Waals surface area (Å²) in [5.74, 6) is 1.68. The largest absolute Gasteiger partial charge is 0.309 e. The monoisotopic (exact) mass is 1370 g/mol. The van der Waals surface area contributed by atoms with E-state index in [1.54, 1.807) is 0 Å². The average Bonchev–Trinajstić information content (AvgIpc) is 1.59. The first-order valence-electron chi connectivity index (χ1n) is 37.4. The van der Waals surface area contributed by atoms with Gasteiger partial charge in [-0.15, -0.1) is 0 Å². The summed E-state index contributed by atoms with van der Waals surface area (Å²) in [4.78, 5) is 15.0. The molecule has 3 atom stereocenters. The van der Waals surface area contributed by atoms with E-state index < -0.39 is 0 Å². The van der Waals surface area contributed by atoms with Gasteiger partial charge in [0, 0.05) is 85.4 Å². The van der Waals surface area contributed by atoms with Crippen LogP contribution in [0.4, 0.5) is 0 Å². The summed E-state index contributed by atoms with van der Waals surface area (Å²) in [7, 11) is 0. The van der Waals surface area contributed by atoms with Crippen molar-refractivity contribution in [2.75, 3.05) is 0 Å². The summed E-state index contributed by atoms with van der Waals surface area (Å²) in [6.07, 6.45) is 10.8. The van der Waals surface area contributed by atoms with E-state index >= 15 is 0 Å². The van der Waals surface area contributed by atoms with Crippen molar-refractivity contribution in [3.8, 4) is 62.1 Å². The number of pyridine rings is 2. The summed E-state index contributed by atoms with van der Waals surface area (Å²) in [5, 5.41) is 7.35. The molecule has 7 heterocycles. The average molecular weight is 1370 g/mol. The highest BCUT2D eigenvalue weighted by Gasteiger charge is 2.27. The Morgan fingerprint density at radius 2 is 0.792 bits per heavy atom. The molecule has 0 aliphatic rings. The van der Waals surface area contributed by atoms with Crippen LogP contribution >= 0.6 is 0 Å². The molecule has 0 saturated carbocycles. The fourth-order valence-electron chi connectivity index (χ4n) is 18.0. The van der Waals surface area contributed by atoms with Crippen LogP contribution in [0.5, 0.6) is 0 Å². The topological polar surface area (TPSA) is 63.3 Å². The van der Waals surface area contributed by atoms with Gasteiger partial charge in [0.1, 0.15) is 5.82 Å². The molecule has 12 aromatic carbocycles. The van der Waals surface area contributed by atoms with Crippen LogP contribution in [0.1, 0.15) is 95.4 Å². The molecule has 0 aliphatic heterocycles. The van der Waals surface area contributed by atoms with Crippen molar-refractivity contribution in [3.63, 3.8) is 0 Å². The number of benzene rings is 12. The quantitative estimate of drug-likeness (QED) is 0.0968. The van der Waals surface area contributed by atoms with Crippen molar-refractivity contribution >= 4 is 87.5 Å². The predicted octanol–water partition coefficient (Wildman–Crippen LogP) is 25.5. The van der Waals surface area contributed by atoms with Crippen molar-refractivity contribution in [3.05, 3.63) is 348 Å². The van der Waals surface area contributed by atoms with E-state index in [1.165, 1.54) is 121 Å². The lowest BCUT2D eigenvalue weighted by atomic mass is 9.78. The third kappa shape index (κ3) is 10.8. The van der Waals surface area contributed by atoms with E-state index in [-0.39, 0.29) is 17.8 Å². The zero-order chi connectivity index (χ0) is 71.4. The van der Waals surface area contributed by atoms with Gasteiger partial charge in [0.05, 0.1) is 60.9 Å². The van der Waals surface area contributed by atoms with Crippen molar-refractivity contribution in [1.82, 2.24) is 37.8 Å². The standard InChI is InChI=1S/C98H80N8/c1-8-67(72-38-46-92-86(60-72)96-94(32-20-48-100-96)106(92)78-41-43-80(64(5)55-78)79-42-40-77(54-63(79)4)105-89-30-17-14-27-83(89)95-93(105)31-19-47-99-95)56-74(68-33-35-69(36-34-68)98-101-49-50-102(98)97-65(6)51-61(2)52-66(97)7)53-62(3)70-37-44-91-84(58-70)81-25-13-16-29-88(81)104(91)76-24-18-21-71(57-76)73-39-45-90-85(59-73)82-26-12-15-28-87(82)103(90)75-22-10-9-11-23-75/h9-52,54-55,57-60,62,67,74H,8,53,56H2,1-7H3. The third-order valence-electron chi connectivity index (χ3n) is 22.9. The SMILES string of the molecule is CCC(CC(CC(C)c1ccc2c(c1)c1ccccc1n2-c1cccc(-c2ccc3c(c2)c2ccccc2n3-c2ccccc2)c1)c1ccc(-c2nccn2-c2c(C)cc(C)cc2C)cc1)c1ccc2c(c1)c1ncccc1n2-c1ccc(-c2ccc(-n3c4ccccc4c4ncccc43)cc2C)c(C)c1. The highest BCUT2D eigenvalue weighted by atomic mass is 15.1. The fourth-order valence-corrected chi connectivity index (χ4v) is 18.0. The highest BCUT2D eigenvalue weighted by Crippen LogP contribution is 2.45. The van der Waals surface area contributed by atoms with Gasteiger partial charge in [-0.1, -0.05) is 171 Å². The van der Waals surface area contributed by atoms with Gasteiger partial charge in [-0.2, -0.15) is 0 Å². The molecule has 19 rings (SSSR count). The lowest BCUT2D eigenvalue weighted by molar-refractivity contribution is 0.468. The molecule has 0 spiro atoms.